The molecule has 1 aliphatic heterocycles. The minimum absolute atomic E-state index is 0.106. The van der Waals surface area contributed by atoms with Crippen LogP contribution < -0.4 is 5.32 Å². The van der Waals surface area contributed by atoms with E-state index in [9.17, 15) is 4.79 Å². The lowest BCUT2D eigenvalue weighted by molar-refractivity contribution is -0.121. The zero-order valence-electron chi connectivity index (χ0n) is 7.79. The van der Waals surface area contributed by atoms with Crippen LogP contribution in [0, 0.1) is 0 Å². The molecule has 14 heavy (non-hydrogen) atoms. The molecule has 0 radical (unpaired) electrons. The van der Waals surface area contributed by atoms with Crippen LogP contribution in [0.5, 0.6) is 0 Å². The number of Topliss-reactive ketones (excluding diaryl/α,β-unsaturated/α-hetero) is 1. The number of benzene rings is 1. The van der Waals surface area contributed by atoms with Crippen LogP contribution in [0.15, 0.2) is 28.7 Å². The Morgan fingerprint density at radius 3 is 2.93 bits per heavy atom. The van der Waals surface area contributed by atoms with E-state index in [1.807, 2.05) is 24.3 Å². The van der Waals surface area contributed by atoms with Gasteiger partial charge in [-0.2, -0.15) is 0 Å². The van der Waals surface area contributed by atoms with Crippen LogP contribution in [-0.2, 0) is 11.2 Å². The number of ketones is 1. The van der Waals surface area contributed by atoms with E-state index in [1.165, 1.54) is 0 Å². The number of hydrogen-bond donors (Lipinski definition) is 1. The van der Waals surface area contributed by atoms with Crippen molar-refractivity contribution in [2.45, 2.75) is 18.9 Å². The first-order valence-electron chi connectivity index (χ1n) is 4.76. The third-order valence-corrected chi connectivity index (χ3v) is 2.97. The fourth-order valence-electron chi connectivity index (χ4n) is 1.53. The monoisotopic (exact) mass is 253 g/mol. The van der Waals surface area contributed by atoms with Gasteiger partial charge in [-0.1, -0.05) is 28.1 Å². The summed E-state index contributed by atoms with van der Waals surface area (Å²) in [5.74, 6) is 0.300. The third-order valence-electron chi connectivity index (χ3n) is 2.48. The zero-order chi connectivity index (χ0) is 9.97. The summed E-state index contributed by atoms with van der Waals surface area (Å²) in [6, 6.07) is 8.02. The maximum atomic E-state index is 11.6. The molecule has 1 aromatic carbocycles. The van der Waals surface area contributed by atoms with E-state index in [4.69, 9.17) is 0 Å². The van der Waals surface area contributed by atoms with Gasteiger partial charge in [-0.05, 0) is 30.7 Å². The van der Waals surface area contributed by atoms with Gasteiger partial charge in [0.25, 0.3) is 0 Å². The normalized spacial score (nSPS) is 20.2. The number of halogens is 1. The fraction of sp³-hybridized carbons (Fsp3) is 0.364. The molecule has 0 aromatic heterocycles. The average molecular weight is 254 g/mol. The molecule has 2 nitrogen and oxygen atoms in total. The van der Waals surface area contributed by atoms with Gasteiger partial charge in [-0.25, -0.2) is 0 Å². The molecule has 1 saturated heterocycles. The molecule has 1 fully saturated rings. The van der Waals surface area contributed by atoms with Gasteiger partial charge >= 0.3 is 0 Å². The first-order chi connectivity index (χ1) is 6.75. The summed E-state index contributed by atoms with van der Waals surface area (Å²) in [4.78, 5) is 11.6. The minimum atomic E-state index is 0.106. The molecule has 0 bridgehead atoms. The van der Waals surface area contributed by atoms with Gasteiger partial charge in [0.1, 0.15) is 0 Å². The largest absolute Gasteiger partial charge is 0.307 e. The van der Waals surface area contributed by atoms with E-state index in [0.717, 1.165) is 23.0 Å². The van der Waals surface area contributed by atoms with Gasteiger partial charge in [0.15, 0.2) is 5.78 Å². The molecule has 0 aliphatic carbocycles. The number of nitrogens with one attached hydrogen (secondary N) is 1. The van der Waals surface area contributed by atoms with Crippen molar-refractivity contribution in [2.75, 3.05) is 6.54 Å². The summed E-state index contributed by atoms with van der Waals surface area (Å²) in [7, 11) is 0. The highest BCUT2D eigenvalue weighted by molar-refractivity contribution is 9.10. The second kappa shape index (κ2) is 4.24. The Bertz CT molecular complexity index is 347. The molecule has 0 amide bonds. The molecule has 1 unspecified atom stereocenters. The summed E-state index contributed by atoms with van der Waals surface area (Å²) in [6.45, 7) is 0.981. The maximum absolute atomic E-state index is 11.6. The van der Waals surface area contributed by atoms with E-state index in [2.05, 4.69) is 21.2 Å². The molecular weight excluding hydrogens is 242 g/mol. The second-order valence-electron chi connectivity index (χ2n) is 3.57. The summed E-state index contributed by atoms with van der Waals surface area (Å²) >= 11 is 3.39. The minimum Gasteiger partial charge on any atom is -0.307 e. The first kappa shape index (κ1) is 9.87. The summed E-state index contributed by atoms with van der Waals surface area (Å²) in [5, 5.41) is 3.12. The predicted octanol–water partition coefficient (Wildman–Crippen LogP) is 1.92. The predicted molar refractivity (Wildman–Crippen MR) is 59.3 cm³/mol. The molecule has 1 aliphatic rings. The Balaban J connectivity index is 1.99. The highest BCUT2D eigenvalue weighted by Crippen LogP contribution is 2.14. The highest BCUT2D eigenvalue weighted by atomic mass is 79.9. The Hall–Kier alpha value is -0.670. The van der Waals surface area contributed by atoms with E-state index >= 15 is 0 Å². The first-order valence-corrected chi connectivity index (χ1v) is 5.55. The summed E-state index contributed by atoms with van der Waals surface area (Å²) in [6.07, 6.45) is 1.53. The van der Waals surface area contributed by atoms with Crippen molar-refractivity contribution in [1.29, 1.82) is 0 Å². The maximum Gasteiger partial charge on any atom is 0.154 e. The molecule has 74 valence electrons. The lowest BCUT2D eigenvalue weighted by atomic mass is 9.97. The molecule has 0 saturated carbocycles. The van der Waals surface area contributed by atoms with Crippen molar-refractivity contribution in [3.63, 3.8) is 0 Å². The van der Waals surface area contributed by atoms with E-state index in [1.54, 1.807) is 0 Å². The SMILES string of the molecule is O=C(Cc1cccc(Br)c1)C1CCN1. The van der Waals surface area contributed by atoms with Crippen molar-refractivity contribution in [3.8, 4) is 0 Å². The lowest BCUT2D eigenvalue weighted by Crippen LogP contribution is -2.49. The fourth-order valence-corrected chi connectivity index (χ4v) is 1.98. The molecular formula is C11H12BrNO. The Morgan fingerprint density at radius 1 is 1.57 bits per heavy atom. The van der Waals surface area contributed by atoms with Crippen LogP contribution >= 0.6 is 15.9 Å². The molecule has 3 heteroatoms. The molecule has 2 rings (SSSR count). The standard InChI is InChI=1S/C11H12BrNO/c12-9-3-1-2-8(6-9)7-11(14)10-4-5-13-10/h1-3,6,10,13H,4-5,7H2. The van der Waals surface area contributed by atoms with Crippen molar-refractivity contribution >= 4 is 21.7 Å². The van der Waals surface area contributed by atoms with Crippen LogP contribution in [0.25, 0.3) is 0 Å². The van der Waals surface area contributed by atoms with Crippen LogP contribution in [0.2, 0.25) is 0 Å². The van der Waals surface area contributed by atoms with Crippen LogP contribution in [-0.4, -0.2) is 18.4 Å². The average Bonchev–Trinajstić information content (AvgIpc) is 1.99. The van der Waals surface area contributed by atoms with Crippen molar-refractivity contribution in [2.24, 2.45) is 0 Å². The molecule has 1 aromatic rings. The van der Waals surface area contributed by atoms with Crippen LogP contribution in [0.3, 0.4) is 0 Å². The van der Waals surface area contributed by atoms with Gasteiger partial charge < -0.3 is 5.32 Å². The van der Waals surface area contributed by atoms with Crippen molar-refractivity contribution < 1.29 is 4.79 Å². The van der Waals surface area contributed by atoms with E-state index < -0.39 is 0 Å². The Kier molecular flexibility index (Phi) is 2.99. The van der Waals surface area contributed by atoms with Gasteiger partial charge in [-0.15, -0.1) is 0 Å². The zero-order valence-corrected chi connectivity index (χ0v) is 9.38. The van der Waals surface area contributed by atoms with Crippen LogP contribution in [0.1, 0.15) is 12.0 Å². The number of carbonyl (C=O) groups excluding carboxylic acids is 1. The summed E-state index contributed by atoms with van der Waals surface area (Å²) < 4.78 is 1.03. The van der Waals surface area contributed by atoms with Gasteiger partial charge in [0, 0.05) is 10.9 Å². The van der Waals surface area contributed by atoms with Crippen molar-refractivity contribution in [1.82, 2.24) is 5.32 Å². The highest BCUT2D eigenvalue weighted by Gasteiger charge is 2.23. The Morgan fingerprint density at radius 2 is 2.36 bits per heavy atom. The number of rotatable bonds is 3. The number of carbonyl (C=O) groups is 1. The summed E-state index contributed by atoms with van der Waals surface area (Å²) in [5.41, 5.74) is 1.08. The molecule has 1 N–H and O–H groups in total. The van der Waals surface area contributed by atoms with Crippen molar-refractivity contribution in [3.05, 3.63) is 34.3 Å². The smallest absolute Gasteiger partial charge is 0.154 e. The second-order valence-corrected chi connectivity index (χ2v) is 4.48. The molecule has 1 heterocycles. The quantitative estimate of drug-likeness (QED) is 0.892. The molecule has 1 atom stereocenters. The molecule has 0 spiro atoms. The van der Waals surface area contributed by atoms with Gasteiger partial charge in [-0.3, -0.25) is 4.79 Å². The number of hydrogen-bond acceptors (Lipinski definition) is 2. The van der Waals surface area contributed by atoms with E-state index in [-0.39, 0.29) is 6.04 Å². The van der Waals surface area contributed by atoms with Gasteiger partial charge in [0.05, 0.1) is 6.04 Å². The lowest BCUT2D eigenvalue weighted by Gasteiger charge is -2.26. The topological polar surface area (TPSA) is 29.1 Å². The van der Waals surface area contributed by atoms with Gasteiger partial charge in [0.2, 0.25) is 0 Å². The van der Waals surface area contributed by atoms with Crippen LogP contribution in [0.4, 0.5) is 0 Å². The van der Waals surface area contributed by atoms with E-state index in [0.29, 0.717) is 12.2 Å². The third kappa shape index (κ3) is 2.22. The Labute approximate surface area is 91.8 Å².